The van der Waals surface area contributed by atoms with Gasteiger partial charge in [0, 0.05) is 10.9 Å². The molecule has 1 N–H and O–H groups in total. The van der Waals surface area contributed by atoms with Gasteiger partial charge in [-0.15, -0.1) is 11.8 Å². The molecule has 0 aliphatic heterocycles. The van der Waals surface area contributed by atoms with Gasteiger partial charge in [0.25, 0.3) is 0 Å². The first-order valence-corrected chi connectivity index (χ1v) is 7.02. The second-order valence-corrected chi connectivity index (χ2v) is 4.92. The minimum Gasteiger partial charge on any atom is -0.468 e. The standard InChI is InChI=1S/C14H16FNOS/c1-10(16-9-12-4-3-7-17-12)11-5-6-14(18-2)13(15)8-11/h3-8,10,16H,9H2,1-2H3/t10-/m1/s1. The topological polar surface area (TPSA) is 25.2 Å². The molecule has 1 aromatic heterocycles. The summed E-state index contributed by atoms with van der Waals surface area (Å²) in [7, 11) is 0. The van der Waals surface area contributed by atoms with Crippen molar-refractivity contribution in [3.63, 3.8) is 0 Å². The highest BCUT2D eigenvalue weighted by atomic mass is 32.2. The van der Waals surface area contributed by atoms with Gasteiger partial charge < -0.3 is 9.73 Å². The largest absolute Gasteiger partial charge is 0.468 e. The summed E-state index contributed by atoms with van der Waals surface area (Å²) in [5.74, 6) is 0.717. The Labute approximate surface area is 111 Å². The molecule has 0 spiro atoms. The predicted octanol–water partition coefficient (Wildman–Crippen LogP) is 3.99. The summed E-state index contributed by atoms with van der Waals surface area (Å²) >= 11 is 1.42. The van der Waals surface area contributed by atoms with Gasteiger partial charge in [-0.05, 0) is 43.0 Å². The van der Waals surface area contributed by atoms with Crippen molar-refractivity contribution in [1.82, 2.24) is 5.32 Å². The average molecular weight is 265 g/mol. The van der Waals surface area contributed by atoms with E-state index in [9.17, 15) is 4.39 Å². The molecular weight excluding hydrogens is 249 g/mol. The molecule has 2 rings (SSSR count). The molecule has 18 heavy (non-hydrogen) atoms. The summed E-state index contributed by atoms with van der Waals surface area (Å²) < 4.78 is 18.9. The van der Waals surface area contributed by atoms with Crippen LogP contribution < -0.4 is 5.32 Å². The van der Waals surface area contributed by atoms with Crippen LogP contribution in [0.15, 0.2) is 45.9 Å². The third-order valence-corrected chi connectivity index (χ3v) is 3.61. The van der Waals surface area contributed by atoms with E-state index in [0.29, 0.717) is 11.4 Å². The first-order valence-electron chi connectivity index (χ1n) is 5.80. The molecule has 1 atom stereocenters. The van der Waals surface area contributed by atoms with Crippen LogP contribution in [0, 0.1) is 5.82 Å². The number of hydrogen-bond donors (Lipinski definition) is 1. The van der Waals surface area contributed by atoms with E-state index >= 15 is 0 Å². The van der Waals surface area contributed by atoms with Gasteiger partial charge in [-0.25, -0.2) is 4.39 Å². The molecule has 0 saturated heterocycles. The second-order valence-electron chi connectivity index (χ2n) is 4.08. The summed E-state index contributed by atoms with van der Waals surface area (Å²) in [6.07, 6.45) is 3.52. The van der Waals surface area contributed by atoms with E-state index in [1.165, 1.54) is 11.8 Å². The SMILES string of the molecule is CSc1ccc([C@@H](C)NCc2ccco2)cc1F. The molecule has 0 fully saturated rings. The summed E-state index contributed by atoms with van der Waals surface area (Å²) in [6.45, 7) is 2.65. The minimum atomic E-state index is -0.161. The fourth-order valence-corrected chi connectivity index (χ4v) is 2.19. The van der Waals surface area contributed by atoms with Gasteiger partial charge in [0.15, 0.2) is 0 Å². The van der Waals surface area contributed by atoms with Crippen molar-refractivity contribution < 1.29 is 8.81 Å². The molecule has 0 unspecified atom stereocenters. The Morgan fingerprint density at radius 2 is 2.22 bits per heavy atom. The van der Waals surface area contributed by atoms with Crippen molar-refractivity contribution in [3.05, 3.63) is 53.7 Å². The van der Waals surface area contributed by atoms with Crippen LogP contribution in [0.2, 0.25) is 0 Å². The highest BCUT2D eigenvalue weighted by Crippen LogP contribution is 2.23. The number of nitrogens with one attached hydrogen (secondary N) is 1. The third-order valence-electron chi connectivity index (χ3n) is 2.84. The van der Waals surface area contributed by atoms with E-state index in [-0.39, 0.29) is 11.9 Å². The fraction of sp³-hybridized carbons (Fsp3) is 0.286. The van der Waals surface area contributed by atoms with Gasteiger partial charge in [0.2, 0.25) is 0 Å². The highest BCUT2D eigenvalue weighted by molar-refractivity contribution is 7.98. The lowest BCUT2D eigenvalue weighted by molar-refractivity contribution is 0.459. The van der Waals surface area contributed by atoms with Crippen molar-refractivity contribution in [2.75, 3.05) is 6.26 Å². The lowest BCUT2D eigenvalue weighted by Gasteiger charge is -2.14. The smallest absolute Gasteiger partial charge is 0.137 e. The Hall–Kier alpha value is -1.26. The van der Waals surface area contributed by atoms with Crippen molar-refractivity contribution in [1.29, 1.82) is 0 Å². The minimum absolute atomic E-state index is 0.0838. The van der Waals surface area contributed by atoms with Crippen LogP contribution in [0.1, 0.15) is 24.3 Å². The van der Waals surface area contributed by atoms with Crippen LogP contribution in [0.3, 0.4) is 0 Å². The van der Waals surface area contributed by atoms with Crippen molar-refractivity contribution in [2.24, 2.45) is 0 Å². The zero-order chi connectivity index (χ0) is 13.0. The molecule has 0 amide bonds. The Morgan fingerprint density at radius 3 is 2.83 bits per heavy atom. The van der Waals surface area contributed by atoms with Crippen LogP contribution in [-0.4, -0.2) is 6.26 Å². The lowest BCUT2D eigenvalue weighted by atomic mass is 10.1. The molecule has 0 radical (unpaired) electrons. The quantitative estimate of drug-likeness (QED) is 0.827. The maximum Gasteiger partial charge on any atom is 0.137 e. The number of furan rings is 1. The molecule has 2 aromatic rings. The fourth-order valence-electron chi connectivity index (χ4n) is 1.74. The van der Waals surface area contributed by atoms with Crippen LogP contribution >= 0.6 is 11.8 Å². The molecule has 96 valence electrons. The van der Waals surface area contributed by atoms with Crippen LogP contribution in [0.5, 0.6) is 0 Å². The van der Waals surface area contributed by atoms with Gasteiger partial charge >= 0.3 is 0 Å². The Balaban J connectivity index is 2.00. The number of rotatable bonds is 5. The molecule has 0 bridgehead atoms. The Morgan fingerprint density at radius 1 is 1.39 bits per heavy atom. The number of benzene rings is 1. The first-order chi connectivity index (χ1) is 8.70. The van der Waals surface area contributed by atoms with E-state index < -0.39 is 0 Å². The molecular formula is C14H16FNOS. The van der Waals surface area contributed by atoms with Crippen LogP contribution in [0.4, 0.5) is 4.39 Å². The molecule has 0 aliphatic carbocycles. The highest BCUT2D eigenvalue weighted by Gasteiger charge is 2.09. The zero-order valence-electron chi connectivity index (χ0n) is 10.4. The van der Waals surface area contributed by atoms with Gasteiger partial charge in [0.1, 0.15) is 11.6 Å². The Kier molecular flexibility index (Phi) is 4.44. The normalized spacial score (nSPS) is 12.6. The van der Waals surface area contributed by atoms with Gasteiger partial charge in [-0.3, -0.25) is 0 Å². The predicted molar refractivity (Wildman–Crippen MR) is 72.1 cm³/mol. The van der Waals surface area contributed by atoms with Gasteiger partial charge in [-0.2, -0.15) is 0 Å². The summed E-state index contributed by atoms with van der Waals surface area (Å²) in [6, 6.07) is 9.22. The molecule has 4 heteroatoms. The van der Waals surface area contributed by atoms with E-state index in [1.54, 1.807) is 12.3 Å². The first kappa shape index (κ1) is 13.2. The number of halogens is 1. The molecule has 1 heterocycles. The second kappa shape index (κ2) is 6.07. The van der Waals surface area contributed by atoms with E-state index in [2.05, 4.69) is 5.32 Å². The molecule has 2 nitrogen and oxygen atoms in total. The lowest BCUT2D eigenvalue weighted by Crippen LogP contribution is -2.17. The third kappa shape index (κ3) is 3.15. The molecule has 0 saturated carbocycles. The van der Waals surface area contributed by atoms with Gasteiger partial charge in [-0.1, -0.05) is 6.07 Å². The molecule has 1 aromatic carbocycles. The van der Waals surface area contributed by atoms with Crippen molar-refractivity contribution in [2.45, 2.75) is 24.4 Å². The van der Waals surface area contributed by atoms with E-state index in [1.807, 2.05) is 37.4 Å². The average Bonchev–Trinajstić information content (AvgIpc) is 2.89. The Bertz CT molecular complexity index is 499. The van der Waals surface area contributed by atoms with Crippen LogP contribution in [-0.2, 0) is 6.54 Å². The summed E-state index contributed by atoms with van der Waals surface area (Å²) in [4.78, 5) is 0.678. The number of hydrogen-bond acceptors (Lipinski definition) is 3. The van der Waals surface area contributed by atoms with E-state index in [4.69, 9.17) is 4.42 Å². The van der Waals surface area contributed by atoms with E-state index in [0.717, 1.165) is 11.3 Å². The number of thioether (sulfide) groups is 1. The summed E-state index contributed by atoms with van der Waals surface area (Å²) in [5, 5.41) is 3.30. The van der Waals surface area contributed by atoms with Gasteiger partial charge in [0.05, 0.1) is 12.8 Å². The molecule has 0 aliphatic rings. The maximum atomic E-state index is 13.7. The van der Waals surface area contributed by atoms with Crippen molar-refractivity contribution in [3.8, 4) is 0 Å². The monoisotopic (exact) mass is 265 g/mol. The maximum absolute atomic E-state index is 13.7. The van der Waals surface area contributed by atoms with Crippen molar-refractivity contribution >= 4 is 11.8 Å². The van der Waals surface area contributed by atoms with Crippen LogP contribution in [0.25, 0.3) is 0 Å². The summed E-state index contributed by atoms with van der Waals surface area (Å²) in [5.41, 5.74) is 0.942. The zero-order valence-corrected chi connectivity index (χ0v) is 11.3.